The number of carbonyl (C=O) groups excluding carboxylic acids is 1. The van der Waals surface area contributed by atoms with Crippen LogP contribution in [0.25, 0.3) is 5.69 Å². The second kappa shape index (κ2) is 7.87. The molecule has 1 heterocycles. The fraction of sp³-hybridized carbons (Fsp3) is 0.238. The van der Waals surface area contributed by atoms with Gasteiger partial charge in [-0.2, -0.15) is 0 Å². The Morgan fingerprint density at radius 3 is 2.58 bits per heavy atom. The molecule has 134 valence electrons. The van der Waals surface area contributed by atoms with Crippen molar-refractivity contribution in [2.24, 2.45) is 0 Å². The van der Waals surface area contributed by atoms with Crippen LogP contribution in [0.4, 0.5) is 0 Å². The van der Waals surface area contributed by atoms with Crippen molar-refractivity contribution in [3.63, 3.8) is 0 Å². The molecule has 0 aliphatic heterocycles. The molecule has 5 nitrogen and oxygen atoms in total. The number of hydrogen-bond donors (Lipinski definition) is 0. The van der Waals surface area contributed by atoms with Crippen molar-refractivity contribution in [2.45, 2.75) is 19.4 Å². The van der Waals surface area contributed by atoms with Crippen molar-refractivity contribution < 1.29 is 9.53 Å². The summed E-state index contributed by atoms with van der Waals surface area (Å²) in [4.78, 5) is 18.6. The van der Waals surface area contributed by atoms with Crippen LogP contribution in [-0.4, -0.2) is 40.6 Å². The molecule has 3 aromatic rings. The van der Waals surface area contributed by atoms with Crippen molar-refractivity contribution in [3.8, 4) is 11.4 Å². The maximum Gasteiger partial charge on any atom is 0.253 e. The topological polar surface area (TPSA) is 47.4 Å². The van der Waals surface area contributed by atoms with E-state index < -0.39 is 0 Å². The van der Waals surface area contributed by atoms with E-state index in [4.69, 9.17) is 4.74 Å². The summed E-state index contributed by atoms with van der Waals surface area (Å²) in [5, 5.41) is 0. The van der Waals surface area contributed by atoms with E-state index in [0.29, 0.717) is 5.56 Å². The van der Waals surface area contributed by atoms with Crippen molar-refractivity contribution >= 4 is 5.91 Å². The maximum absolute atomic E-state index is 12.8. The molecular formula is C21H23N3O2. The summed E-state index contributed by atoms with van der Waals surface area (Å²) in [6, 6.07) is 15.5. The second-order valence-electron chi connectivity index (χ2n) is 6.30. The number of methoxy groups -OCH3 is 1. The molecule has 1 aromatic heterocycles. The SMILES string of the molecule is COc1ccccc1C[C@@H](C)N(C)C(=O)c1ccc(-n2ccnc2)cc1. The van der Waals surface area contributed by atoms with Gasteiger partial charge in [-0.25, -0.2) is 4.98 Å². The fourth-order valence-electron chi connectivity index (χ4n) is 2.92. The Morgan fingerprint density at radius 1 is 1.19 bits per heavy atom. The third kappa shape index (κ3) is 3.77. The number of para-hydroxylation sites is 1. The number of imidazole rings is 1. The molecule has 0 aliphatic rings. The number of amides is 1. The summed E-state index contributed by atoms with van der Waals surface area (Å²) in [7, 11) is 3.51. The number of likely N-dealkylation sites (N-methyl/N-ethyl adjacent to an activating group) is 1. The lowest BCUT2D eigenvalue weighted by Crippen LogP contribution is -2.36. The summed E-state index contributed by atoms with van der Waals surface area (Å²) in [6.45, 7) is 2.05. The van der Waals surface area contributed by atoms with E-state index in [-0.39, 0.29) is 11.9 Å². The molecular weight excluding hydrogens is 326 g/mol. The predicted octanol–water partition coefficient (Wildman–Crippen LogP) is 3.58. The molecule has 0 bridgehead atoms. The number of hydrogen-bond acceptors (Lipinski definition) is 3. The molecule has 2 aromatic carbocycles. The molecule has 0 radical (unpaired) electrons. The minimum absolute atomic E-state index is 0.00424. The Bertz CT molecular complexity index is 857. The Labute approximate surface area is 153 Å². The molecule has 0 saturated carbocycles. The summed E-state index contributed by atoms with van der Waals surface area (Å²) >= 11 is 0. The summed E-state index contributed by atoms with van der Waals surface area (Å²) in [6.07, 6.45) is 6.07. The third-order valence-electron chi connectivity index (χ3n) is 4.61. The van der Waals surface area contributed by atoms with Crippen LogP contribution in [0.5, 0.6) is 5.75 Å². The molecule has 0 aliphatic carbocycles. The van der Waals surface area contributed by atoms with Gasteiger partial charge in [0.15, 0.2) is 0 Å². The van der Waals surface area contributed by atoms with E-state index in [2.05, 4.69) is 4.98 Å². The van der Waals surface area contributed by atoms with Crippen LogP contribution in [0, 0.1) is 0 Å². The molecule has 0 saturated heterocycles. The minimum Gasteiger partial charge on any atom is -0.496 e. The van der Waals surface area contributed by atoms with Crippen LogP contribution in [0.2, 0.25) is 0 Å². The molecule has 5 heteroatoms. The fourth-order valence-corrected chi connectivity index (χ4v) is 2.92. The Balaban J connectivity index is 1.70. The molecule has 1 amide bonds. The van der Waals surface area contributed by atoms with Crippen molar-refractivity contribution in [1.29, 1.82) is 0 Å². The van der Waals surface area contributed by atoms with E-state index >= 15 is 0 Å². The zero-order chi connectivity index (χ0) is 18.5. The van der Waals surface area contributed by atoms with E-state index in [1.807, 2.05) is 73.3 Å². The highest BCUT2D eigenvalue weighted by Gasteiger charge is 2.19. The smallest absolute Gasteiger partial charge is 0.253 e. The highest BCUT2D eigenvalue weighted by atomic mass is 16.5. The average Bonchev–Trinajstić information content (AvgIpc) is 3.22. The molecule has 0 spiro atoms. The van der Waals surface area contributed by atoms with Gasteiger partial charge in [0.2, 0.25) is 0 Å². The zero-order valence-electron chi connectivity index (χ0n) is 15.3. The summed E-state index contributed by atoms with van der Waals surface area (Å²) in [5.74, 6) is 0.856. The molecule has 1 atom stereocenters. The largest absolute Gasteiger partial charge is 0.496 e. The van der Waals surface area contributed by atoms with Gasteiger partial charge in [-0.15, -0.1) is 0 Å². The Hall–Kier alpha value is -3.08. The monoisotopic (exact) mass is 349 g/mol. The van der Waals surface area contributed by atoms with Gasteiger partial charge in [0, 0.05) is 36.7 Å². The third-order valence-corrected chi connectivity index (χ3v) is 4.61. The van der Waals surface area contributed by atoms with Crippen LogP contribution in [0.3, 0.4) is 0 Å². The van der Waals surface area contributed by atoms with Crippen molar-refractivity contribution in [1.82, 2.24) is 14.5 Å². The van der Waals surface area contributed by atoms with E-state index in [9.17, 15) is 4.79 Å². The first kappa shape index (κ1) is 17.7. The number of carbonyl (C=O) groups is 1. The number of aromatic nitrogens is 2. The normalized spacial score (nSPS) is 11.8. The molecule has 0 unspecified atom stereocenters. The highest BCUT2D eigenvalue weighted by Crippen LogP contribution is 2.21. The van der Waals surface area contributed by atoms with Gasteiger partial charge in [-0.05, 0) is 49.2 Å². The standard InChI is InChI=1S/C21H23N3O2/c1-16(14-18-6-4-5-7-20(18)26-3)23(2)21(25)17-8-10-19(11-9-17)24-13-12-22-15-24/h4-13,15-16H,14H2,1-3H3/t16-/m1/s1. The lowest BCUT2D eigenvalue weighted by atomic mass is 10.0. The van der Waals surface area contributed by atoms with Crippen LogP contribution < -0.4 is 4.74 Å². The number of benzene rings is 2. The quantitative estimate of drug-likeness (QED) is 0.683. The van der Waals surface area contributed by atoms with Gasteiger partial charge in [0.25, 0.3) is 5.91 Å². The lowest BCUT2D eigenvalue weighted by molar-refractivity contribution is 0.0743. The van der Waals surface area contributed by atoms with Crippen molar-refractivity contribution in [3.05, 3.63) is 78.4 Å². The minimum atomic E-state index is 0.00424. The van der Waals surface area contributed by atoms with Gasteiger partial charge in [-0.1, -0.05) is 18.2 Å². The first-order chi connectivity index (χ1) is 12.6. The summed E-state index contributed by atoms with van der Waals surface area (Å²) < 4.78 is 7.31. The Morgan fingerprint density at radius 2 is 1.92 bits per heavy atom. The number of ether oxygens (including phenoxy) is 1. The highest BCUT2D eigenvalue weighted by molar-refractivity contribution is 5.94. The predicted molar refractivity (Wildman–Crippen MR) is 102 cm³/mol. The van der Waals surface area contributed by atoms with Crippen LogP contribution in [-0.2, 0) is 6.42 Å². The van der Waals surface area contributed by atoms with Gasteiger partial charge in [-0.3, -0.25) is 4.79 Å². The zero-order valence-corrected chi connectivity index (χ0v) is 15.3. The van der Waals surface area contributed by atoms with E-state index in [1.54, 1.807) is 24.5 Å². The molecule has 0 N–H and O–H groups in total. The maximum atomic E-state index is 12.8. The van der Waals surface area contributed by atoms with Gasteiger partial charge in [0.05, 0.1) is 13.4 Å². The molecule has 3 rings (SSSR count). The van der Waals surface area contributed by atoms with E-state index in [0.717, 1.165) is 23.4 Å². The van der Waals surface area contributed by atoms with Crippen LogP contribution >= 0.6 is 0 Å². The van der Waals surface area contributed by atoms with Crippen LogP contribution in [0.15, 0.2) is 67.3 Å². The second-order valence-corrected chi connectivity index (χ2v) is 6.30. The molecule has 0 fully saturated rings. The Kier molecular flexibility index (Phi) is 5.37. The lowest BCUT2D eigenvalue weighted by Gasteiger charge is -2.26. The average molecular weight is 349 g/mol. The number of rotatable bonds is 6. The van der Waals surface area contributed by atoms with E-state index in [1.165, 1.54) is 0 Å². The van der Waals surface area contributed by atoms with Crippen LogP contribution in [0.1, 0.15) is 22.8 Å². The van der Waals surface area contributed by atoms with Gasteiger partial charge in [0.1, 0.15) is 5.75 Å². The first-order valence-corrected chi connectivity index (χ1v) is 8.57. The van der Waals surface area contributed by atoms with Gasteiger partial charge >= 0.3 is 0 Å². The van der Waals surface area contributed by atoms with Crippen molar-refractivity contribution in [2.75, 3.05) is 14.2 Å². The summed E-state index contributed by atoms with van der Waals surface area (Å²) in [5.41, 5.74) is 2.74. The molecule has 26 heavy (non-hydrogen) atoms. The van der Waals surface area contributed by atoms with Gasteiger partial charge < -0.3 is 14.2 Å². The number of nitrogens with zero attached hydrogens (tertiary/aromatic N) is 3. The first-order valence-electron chi connectivity index (χ1n) is 8.57.